The maximum atomic E-state index is 11.9. The van der Waals surface area contributed by atoms with Crippen molar-refractivity contribution in [1.82, 2.24) is 5.32 Å². The molecule has 1 amide bonds. The molecule has 0 bridgehead atoms. The molecule has 1 saturated heterocycles. The molecule has 0 aromatic heterocycles. The predicted octanol–water partition coefficient (Wildman–Crippen LogP) is 3.76. The Bertz CT molecular complexity index is 578. The van der Waals surface area contributed by atoms with Crippen LogP contribution in [0.1, 0.15) is 51.4 Å². The van der Waals surface area contributed by atoms with Gasteiger partial charge in [0.05, 0.1) is 0 Å². The average Bonchev–Trinajstić information content (AvgIpc) is 3.36. The lowest BCUT2D eigenvalue weighted by molar-refractivity contribution is -0.117. The number of anilines is 2. The Morgan fingerprint density at radius 3 is 2.67 bits per heavy atom. The average molecular weight is 327 g/mol. The number of amides is 1. The Balaban J connectivity index is 1.39. The molecule has 2 aliphatic carbocycles. The van der Waals surface area contributed by atoms with Crippen LogP contribution in [0.4, 0.5) is 11.4 Å². The number of carbonyl (C=O) groups is 1. The molecule has 1 aromatic rings. The summed E-state index contributed by atoms with van der Waals surface area (Å²) >= 11 is 0. The standard InChI is InChI=1S/C20H29N3O/c24-20(14-10-11-14)23-16-6-3-5-15(13-16)22-19-9-4-7-17(19)18-8-1-2-12-21-18/h3,5-6,13-14,17-19,21-22H,1-2,4,7-12H2,(H,23,24). The molecule has 3 aliphatic rings. The third-order valence-corrected chi connectivity index (χ3v) is 5.86. The Morgan fingerprint density at radius 1 is 1.00 bits per heavy atom. The first-order chi connectivity index (χ1) is 11.8. The fourth-order valence-electron chi connectivity index (χ4n) is 4.38. The molecule has 24 heavy (non-hydrogen) atoms. The maximum absolute atomic E-state index is 11.9. The molecule has 1 heterocycles. The Kier molecular flexibility index (Phi) is 4.74. The third kappa shape index (κ3) is 3.75. The molecule has 2 saturated carbocycles. The first-order valence-electron chi connectivity index (χ1n) is 9.70. The molecule has 130 valence electrons. The predicted molar refractivity (Wildman–Crippen MR) is 98.2 cm³/mol. The molecule has 3 atom stereocenters. The molecule has 1 aromatic carbocycles. The van der Waals surface area contributed by atoms with Crippen LogP contribution >= 0.6 is 0 Å². The van der Waals surface area contributed by atoms with Gasteiger partial charge in [-0.05, 0) is 69.2 Å². The van der Waals surface area contributed by atoms with Crippen LogP contribution < -0.4 is 16.0 Å². The highest BCUT2D eigenvalue weighted by Crippen LogP contribution is 2.34. The normalized spacial score (nSPS) is 30.1. The van der Waals surface area contributed by atoms with Gasteiger partial charge >= 0.3 is 0 Å². The van der Waals surface area contributed by atoms with Gasteiger partial charge in [-0.1, -0.05) is 18.9 Å². The molecule has 3 N–H and O–H groups in total. The minimum absolute atomic E-state index is 0.178. The van der Waals surface area contributed by atoms with E-state index in [0.717, 1.165) is 30.1 Å². The number of piperidine rings is 1. The summed E-state index contributed by atoms with van der Waals surface area (Å²) in [6.07, 6.45) is 9.99. The number of hydrogen-bond acceptors (Lipinski definition) is 3. The highest BCUT2D eigenvalue weighted by molar-refractivity contribution is 5.94. The van der Waals surface area contributed by atoms with Crippen molar-refractivity contribution in [3.8, 4) is 0 Å². The van der Waals surface area contributed by atoms with Crippen molar-refractivity contribution in [1.29, 1.82) is 0 Å². The molecule has 3 fully saturated rings. The molecule has 0 radical (unpaired) electrons. The van der Waals surface area contributed by atoms with Crippen LogP contribution in [-0.4, -0.2) is 24.5 Å². The number of hydrogen-bond donors (Lipinski definition) is 3. The van der Waals surface area contributed by atoms with Crippen molar-refractivity contribution < 1.29 is 4.79 Å². The van der Waals surface area contributed by atoms with Crippen molar-refractivity contribution >= 4 is 17.3 Å². The SMILES string of the molecule is O=C(Nc1cccc(NC2CCCC2C2CCCCN2)c1)C1CC1. The summed E-state index contributed by atoms with van der Waals surface area (Å²) in [5, 5.41) is 10.5. The van der Waals surface area contributed by atoms with Gasteiger partial charge < -0.3 is 16.0 Å². The lowest BCUT2D eigenvalue weighted by Gasteiger charge is -2.33. The monoisotopic (exact) mass is 327 g/mol. The zero-order valence-electron chi connectivity index (χ0n) is 14.4. The van der Waals surface area contributed by atoms with Crippen LogP contribution in [0.15, 0.2) is 24.3 Å². The summed E-state index contributed by atoms with van der Waals surface area (Å²) in [6.45, 7) is 1.18. The topological polar surface area (TPSA) is 53.2 Å². The fraction of sp³-hybridized carbons (Fsp3) is 0.650. The smallest absolute Gasteiger partial charge is 0.227 e. The van der Waals surface area contributed by atoms with Crippen molar-refractivity contribution in [3.63, 3.8) is 0 Å². The van der Waals surface area contributed by atoms with Crippen molar-refractivity contribution in [2.24, 2.45) is 11.8 Å². The lowest BCUT2D eigenvalue weighted by Crippen LogP contribution is -2.44. The molecular formula is C20H29N3O. The van der Waals surface area contributed by atoms with Gasteiger partial charge in [0.1, 0.15) is 0 Å². The lowest BCUT2D eigenvalue weighted by atomic mass is 9.88. The van der Waals surface area contributed by atoms with Gasteiger partial charge in [0, 0.05) is 29.4 Å². The number of carbonyl (C=O) groups excluding carboxylic acids is 1. The number of nitrogens with one attached hydrogen (secondary N) is 3. The molecule has 1 aliphatic heterocycles. The van der Waals surface area contributed by atoms with Gasteiger partial charge in [0.25, 0.3) is 0 Å². The molecule has 3 unspecified atom stereocenters. The van der Waals surface area contributed by atoms with E-state index in [0.29, 0.717) is 12.1 Å². The Morgan fingerprint density at radius 2 is 1.88 bits per heavy atom. The maximum Gasteiger partial charge on any atom is 0.227 e. The molecule has 4 heteroatoms. The summed E-state index contributed by atoms with van der Waals surface area (Å²) in [5.74, 6) is 1.16. The summed E-state index contributed by atoms with van der Waals surface area (Å²) < 4.78 is 0. The molecule has 4 nitrogen and oxygen atoms in total. The van der Waals surface area contributed by atoms with Crippen LogP contribution in [0.25, 0.3) is 0 Å². The summed E-state index contributed by atoms with van der Waals surface area (Å²) in [7, 11) is 0. The Hall–Kier alpha value is -1.55. The first kappa shape index (κ1) is 15.9. The summed E-state index contributed by atoms with van der Waals surface area (Å²) in [5.41, 5.74) is 2.05. The van der Waals surface area contributed by atoms with E-state index in [1.54, 1.807) is 0 Å². The van der Waals surface area contributed by atoms with Crippen molar-refractivity contribution in [3.05, 3.63) is 24.3 Å². The van der Waals surface area contributed by atoms with Gasteiger partial charge in [0.2, 0.25) is 5.91 Å². The van der Waals surface area contributed by atoms with Crippen molar-refractivity contribution in [2.45, 2.75) is 63.5 Å². The fourth-order valence-corrected chi connectivity index (χ4v) is 4.38. The van der Waals surface area contributed by atoms with Gasteiger partial charge in [-0.25, -0.2) is 0 Å². The van der Waals surface area contributed by atoms with Gasteiger partial charge in [-0.15, -0.1) is 0 Å². The zero-order valence-corrected chi connectivity index (χ0v) is 14.4. The minimum Gasteiger partial charge on any atom is -0.382 e. The highest BCUT2D eigenvalue weighted by Gasteiger charge is 2.34. The van der Waals surface area contributed by atoms with Crippen molar-refractivity contribution in [2.75, 3.05) is 17.2 Å². The second-order valence-corrected chi connectivity index (χ2v) is 7.75. The largest absolute Gasteiger partial charge is 0.382 e. The van der Waals surface area contributed by atoms with Crippen LogP contribution in [0, 0.1) is 11.8 Å². The van der Waals surface area contributed by atoms with E-state index in [4.69, 9.17) is 0 Å². The summed E-state index contributed by atoms with van der Waals surface area (Å²) in [4.78, 5) is 11.9. The van der Waals surface area contributed by atoms with E-state index in [1.165, 1.54) is 45.1 Å². The molecule has 4 rings (SSSR count). The van der Waals surface area contributed by atoms with Crippen LogP contribution in [0.5, 0.6) is 0 Å². The minimum atomic E-state index is 0.178. The molecular weight excluding hydrogens is 298 g/mol. The van der Waals surface area contributed by atoms with Crippen LogP contribution in [-0.2, 0) is 4.79 Å². The van der Waals surface area contributed by atoms with Gasteiger partial charge in [0.15, 0.2) is 0 Å². The second kappa shape index (κ2) is 7.14. The number of benzene rings is 1. The van der Waals surface area contributed by atoms with Gasteiger partial charge in [-0.3, -0.25) is 4.79 Å². The van der Waals surface area contributed by atoms with E-state index in [9.17, 15) is 4.79 Å². The zero-order chi connectivity index (χ0) is 16.4. The highest BCUT2D eigenvalue weighted by atomic mass is 16.2. The second-order valence-electron chi connectivity index (χ2n) is 7.75. The first-order valence-corrected chi connectivity index (χ1v) is 9.70. The van der Waals surface area contributed by atoms with E-state index in [2.05, 4.69) is 28.1 Å². The number of rotatable bonds is 5. The molecule has 0 spiro atoms. The third-order valence-electron chi connectivity index (χ3n) is 5.86. The van der Waals surface area contributed by atoms with E-state index >= 15 is 0 Å². The quantitative estimate of drug-likeness (QED) is 0.772. The van der Waals surface area contributed by atoms with Crippen LogP contribution in [0.3, 0.4) is 0 Å². The van der Waals surface area contributed by atoms with E-state index < -0.39 is 0 Å². The summed E-state index contributed by atoms with van der Waals surface area (Å²) in [6, 6.07) is 9.46. The van der Waals surface area contributed by atoms with Crippen LogP contribution in [0.2, 0.25) is 0 Å². The van der Waals surface area contributed by atoms with Gasteiger partial charge in [-0.2, -0.15) is 0 Å². The Labute approximate surface area is 144 Å². The van der Waals surface area contributed by atoms with E-state index in [1.807, 2.05) is 12.1 Å². The van der Waals surface area contributed by atoms with E-state index in [-0.39, 0.29) is 11.8 Å².